The largest absolute Gasteiger partial charge is 0.463 e. The van der Waals surface area contributed by atoms with Crippen LogP contribution in [0.5, 0.6) is 0 Å². The molecule has 0 radical (unpaired) electrons. The molecule has 0 aliphatic carbocycles. The molecule has 1 aromatic carbocycles. The third-order valence-corrected chi connectivity index (χ3v) is 4.49. The van der Waals surface area contributed by atoms with Gasteiger partial charge in [-0.15, -0.1) is 0 Å². The zero-order valence-corrected chi connectivity index (χ0v) is 14.3. The summed E-state index contributed by atoms with van der Waals surface area (Å²) < 4.78 is 8.19. The normalized spacial score (nSPS) is 11.0. The molecule has 0 amide bonds. The van der Waals surface area contributed by atoms with Gasteiger partial charge in [0.15, 0.2) is 11.4 Å². The molecule has 23 heavy (non-hydrogen) atoms. The van der Waals surface area contributed by atoms with Gasteiger partial charge in [0.05, 0.1) is 9.83 Å². The Hall–Kier alpha value is -2.35. The molecule has 3 heterocycles. The Morgan fingerprint density at radius 1 is 1.09 bits per heavy atom. The Balaban J connectivity index is 1.64. The molecule has 0 saturated carbocycles. The molecule has 0 bridgehead atoms. The summed E-state index contributed by atoms with van der Waals surface area (Å²) in [7, 11) is 0. The highest BCUT2D eigenvalue weighted by atomic mass is 127. The van der Waals surface area contributed by atoms with Crippen LogP contribution in [0.2, 0.25) is 0 Å². The summed E-state index contributed by atoms with van der Waals surface area (Å²) in [5, 5.41) is 7.88. The third kappa shape index (κ3) is 2.81. The minimum atomic E-state index is 0.736. The number of rotatable bonds is 4. The van der Waals surface area contributed by atoms with Crippen molar-refractivity contribution in [3.63, 3.8) is 0 Å². The van der Waals surface area contributed by atoms with Gasteiger partial charge in [-0.25, -0.2) is 9.50 Å². The second-order valence-corrected chi connectivity index (χ2v) is 6.14. The predicted molar refractivity (Wildman–Crippen MR) is 97.2 cm³/mol. The Labute approximate surface area is 146 Å². The van der Waals surface area contributed by atoms with E-state index in [2.05, 4.69) is 50.1 Å². The fourth-order valence-corrected chi connectivity index (χ4v) is 3.10. The van der Waals surface area contributed by atoms with Crippen LogP contribution in [0.3, 0.4) is 0 Å². The van der Waals surface area contributed by atoms with E-state index in [-0.39, 0.29) is 0 Å². The fraction of sp³-hybridized carbons (Fsp3) is 0.0588. The second kappa shape index (κ2) is 6.04. The van der Waals surface area contributed by atoms with Crippen LogP contribution in [0, 0.1) is 3.57 Å². The van der Waals surface area contributed by atoms with E-state index in [0.717, 1.165) is 33.0 Å². The predicted octanol–water partition coefficient (Wildman–Crippen LogP) is 4.21. The number of furan rings is 1. The number of halogens is 1. The number of hydrogen-bond donors (Lipinski definition) is 1. The minimum Gasteiger partial charge on any atom is -0.463 e. The van der Waals surface area contributed by atoms with Gasteiger partial charge in [0.1, 0.15) is 11.5 Å². The van der Waals surface area contributed by atoms with Gasteiger partial charge in [-0.05, 0) is 46.4 Å². The fourth-order valence-electron chi connectivity index (χ4n) is 2.36. The summed E-state index contributed by atoms with van der Waals surface area (Å²) in [6, 6.07) is 15.9. The lowest BCUT2D eigenvalue weighted by Gasteiger charge is -2.05. The molecule has 3 aromatic heterocycles. The first-order valence-electron chi connectivity index (χ1n) is 7.18. The lowest BCUT2D eigenvalue weighted by molar-refractivity contribution is 0.579. The van der Waals surface area contributed by atoms with Gasteiger partial charge in [-0.1, -0.05) is 30.3 Å². The SMILES string of the molecule is Ic1c(-c2ccco2)nn2ccc(NCc3ccccc3)nc12. The van der Waals surface area contributed by atoms with Crippen molar-refractivity contribution in [2.75, 3.05) is 5.32 Å². The summed E-state index contributed by atoms with van der Waals surface area (Å²) in [6.45, 7) is 0.736. The smallest absolute Gasteiger partial charge is 0.171 e. The summed E-state index contributed by atoms with van der Waals surface area (Å²) >= 11 is 2.26. The molecule has 0 saturated heterocycles. The van der Waals surface area contributed by atoms with Gasteiger partial charge in [0, 0.05) is 12.7 Å². The number of nitrogens with zero attached hydrogens (tertiary/aromatic N) is 3. The third-order valence-electron chi connectivity index (χ3n) is 3.50. The molecule has 4 rings (SSSR count). The molecule has 0 aliphatic heterocycles. The van der Waals surface area contributed by atoms with Crippen LogP contribution >= 0.6 is 22.6 Å². The number of nitrogens with one attached hydrogen (secondary N) is 1. The maximum absolute atomic E-state index is 5.44. The molecule has 1 N–H and O–H groups in total. The Bertz CT molecular complexity index is 932. The van der Waals surface area contributed by atoms with Crippen LogP contribution in [-0.2, 0) is 6.54 Å². The molecule has 6 heteroatoms. The van der Waals surface area contributed by atoms with E-state index in [1.165, 1.54) is 5.56 Å². The molecule has 0 unspecified atom stereocenters. The lowest BCUT2D eigenvalue weighted by atomic mass is 10.2. The topological polar surface area (TPSA) is 55.4 Å². The zero-order chi connectivity index (χ0) is 15.6. The van der Waals surface area contributed by atoms with E-state index < -0.39 is 0 Å². The molecule has 4 aromatic rings. The average molecular weight is 416 g/mol. The van der Waals surface area contributed by atoms with E-state index in [0.29, 0.717) is 0 Å². The van der Waals surface area contributed by atoms with Crippen LogP contribution in [0.25, 0.3) is 17.1 Å². The van der Waals surface area contributed by atoms with Crippen LogP contribution in [0.1, 0.15) is 5.56 Å². The zero-order valence-electron chi connectivity index (χ0n) is 12.1. The van der Waals surface area contributed by atoms with Crippen LogP contribution in [-0.4, -0.2) is 14.6 Å². The average Bonchev–Trinajstić information content (AvgIpc) is 3.22. The van der Waals surface area contributed by atoms with Crippen molar-refractivity contribution >= 4 is 34.1 Å². The summed E-state index contributed by atoms with van der Waals surface area (Å²) in [4.78, 5) is 4.66. The second-order valence-electron chi connectivity index (χ2n) is 5.06. The van der Waals surface area contributed by atoms with E-state index in [9.17, 15) is 0 Å². The van der Waals surface area contributed by atoms with Crippen molar-refractivity contribution in [2.45, 2.75) is 6.54 Å². The van der Waals surface area contributed by atoms with E-state index in [1.54, 1.807) is 10.8 Å². The first-order valence-corrected chi connectivity index (χ1v) is 8.26. The van der Waals surface area contributed by atoms with E-state index in [4.69, 9.17) is 4.42 Å². The quantitative estimate of drug-likeness (QED) is 0.507. The minimum absolute atomic E-state index is 0.736. The molecule has 0 fully saturated rings. The van der Waals surface area contributed by atoms with Crippen molar-refractivity contribution in [3.8, 4) is 11.5 Å². The maximum Gasteiger partial charge on any atom is 0.171 e. The van der Waals surface area contributed by atoms with Crippen LogP contribution in [0.4, 0.5) is 5.82 Å². The number of hydrogen-bond acceptors (Lipinski definition) is 4. The molecular weight excluding hydrogens is 403 g/mol. The van der Waals surface area contributed by atoms with Crippen molar-refractivity contribution in [2.24, 2.45) is 0 Å². The molecule has 0 atom stereocenters. The lowest BCUT2D eigenvalue weighted by Crippen LogP contribution is -2.02. The van der Waals surface area contributed by atoms with Crippen molar-refractivity contribution in [1.82, 2.24) is 14.6 Å². The highest BCUT2D eigenvalue weighted by Crippen LogP contribution is 2.27. The van der Waals surface area contributed by atoms with Gasteiger partial charge in [0.25, 0.3) is 0 Å². The van der Waals surface area contributed by atoms with Gasteiger partial charge in [-0.3, -0.25) is 0 Å². The molecule has 0 aliphatic rings. The van der Waals surface area contributed by atoms with Crippen molar-refractivity contribution in [3.05, 3.63) is 70.1 Å². The Kier molecular flexibility index (Phi) is 3.74. The number of anilines is 1. The van der Waals surface area contributed by atoms with Gasteiger partial charge >= 0.3 is 0 Å². The van der Waals surface area contributed by atoms with Crippen molar-refractivity contribution in [1.29, 1.82) is 0 Å². The first-order chi connectivity index (χ1) is 11.3. The first kappa shape index (κ1) is 14.3. The van der Waals surface area contributed by atoms with Gasteiger partial charge in [-0.2, -0.15) is 5.10 Å². The molecular formula is C17H13IN4O. The summed E-state index contributed by atoms with van der Waals surface area (Å²) in [5.74, 6) is 1.57. The highest BCUT2D eigenvalue weighted by molar-refractivity contribution is 14.1. The highest BCUT2D eigenvalue weighted by Gasteiger charge is 2.15. The van der Waals surface area contributed by atoms with Crippen molar-refractivity contribution < 1.29 is 4.42 Å². The van der Waals surface area contributed by atoms with Gasteiger partial charge < -0.3 is 9.73 Å². The van der Waals surface area contributed by atoms with E-state index in [1.807, 2.05) is 42.6 Å². The number of aromatic nitrogens is 3. The summed E-state index contributed by atoms with van der Waals surface area (Å²) in [6.07, 6.45) is 3.56. The molecule has 5 nitrogen and oxygen atoms in total. The van der Waals surface area contributed by atoms with Crippen LogP contribution < -0.4 is 5.32 Å². The molecule has 114 valence electrons. The standard InChI is InChI=1S/C17H13IN4O/c18-15-16(13-7-4-10-23-13)21-22-9-8-14(20-17(15)22)19-11-12-5-2-1-3-6-12/h1-10H,11H2,(H,19,20). The van der Waals surface area contributed by atoms with Crippen LogP contribution in [0.15, 0.2) is 65.4 Å². The van der Waals surface area contributed by atoms with Gasteiger partial charge in [0.2, 0.25) is 0 Å². The van der Waals surface area contributed by atoms with E-state index >= 15 is 0 Å². The Morgan fingerprint density at radius 2 is 1.96 bits per heavy atom. The number of benzene rings is 1. The monoisotopic (exact) mass is 416 g/mol. The Morgan fingerprint density at radius 3 is 2.74 bits per heavy atom. The number of fused-ring (bicyclic) bond motifs is 1. The maximum atomic E-state index is 5.44. The molecule has 0 spiro atoms. The summed E-state index contributed by atoms with van der Waals surface area (Å²) in [5.41, 5.74) is 2.84.